The van der Waals surface area contributed by atoms with Crippen molar-refractivity contribution in [2.45, 2.75) is 11.4 Å². The molecule has 2 aromatic carbocycles. The van der Waals surface area contributed by atoms with Crippen LogP contribution >= 0.6 is 11.6 Å². The fourth-order valence-corrected chi connectivity index (χ4v) is 2.87. The zero-order valence-electron chi connectivity index (χ0n) is 12.9. The third-order valence-corrected chi connectivity index (χ3v) is 4.31. The van der Waals surface area contributed by atoms with Gasteiger partial charge in [-0.3, -0.25) is 15.0 Å². The number of methoxy groups -OCH3 is 1. The Labute approximate surface area is 144 Å². The Hall–Kier alpha value is -2.73. The summed E-state index contributed by atoms with van der Waals surface area (Å²) in [7, 11) is 1.57. The van der Waals surface area contributed by atoms with Crippen molar-refractivity contribution in [3.05, 3.63) is 59.7 Å². The summed E-state index contributed by atoms with van der Waals surface area (Å²) in [5, 5.41) is 0.531. The van der Waals surface area contributed by atoms with Crippen LogP contribution in [0.3, 0.4) is 0 Å². The van der Waals surface area contributed by atoms with Crippen LogP contribution in [-0.4, -0.2) is 29.3 Å². The second-order valence-corrected chi connectivity index (χ2v) is 5.86. The molecule has 2 unspecified atom stereocenters. The largest absolute Gasteiger partial charge is 0.497 e. The molecule has 0 aliphatic carbocycles. The van der Waals surface area contributed by atoms with E-state index in [-0.39, 0.29) is 5.91 Å². The lowest BCUT2D eigenvalue weighted by Gasteiger charge is -2.43. The number of carbonyl (C=O) groups excluding carboxylic acids is 2. The highest BCUT2D eigenvalue weighted by Gasteiger charge is 2.48. The molecule has 6 nitrogen and oxygen atoms in total. The number of carbonyl (C=O) groups is 2. The fraction of sp³-hybridized carbons (Fsp3) is 0.176. The molecule has 1 heterocycles. The van der Waals surface area contributed by atoms with Crippen LogP contribution in [-0.2, 0) is 4.79 Å². The lowest BCUT2D eigenvalue weighted by atomic mass is 9.95. The van der Waals surface area contributed by atoms with E-state index in [0.717, 1.165) is 5.56 Å². The molecule has 1 saturated heterocycles. The van der Waals surface area contributed by atoms with Crippen molar-refractivity contribution in [1.82, 2.24) is 10.4 Å². The fourth-order valence-electron chi connectivity index (χ4n) is 2.51. The van der Waals surface area contributed by atoms with Gasteiger partial charge in [0.25, 0.3) is 11.8 Å². The topological polar surface area (TPSA) is 84.7 Å². The first-order valence-electron chi connectivity index (χ1n) is 7.29. The van der Waals surface area contributed by atoms with Crippen LogP contribution in [0.25, 0.3) is 0 Å². The van der Waals surface area contributed by atoms with Crippen LogP contribution in [0.2, 0.25) is 0 Å². The average Bonchev–Trinajstić information content (AvgIpc) is 2.61. The van der Waals surface area contributed by atoms with Gasteiger partial charge in [-0.2, -0.15) is 0 Å². The van der Waals surface area contributed by atoms with Gasteiger partial charge < -0.3 is 10.5 Å². The van der Waals surface area contributed by atoms with E-state index in [0.29, 0.717) is 17.0 Å². The predicted octanol–water partition coefficient (Wildman–Crippen LogP) is 2.11. The molecule has 0 aromatic heterocycles. The molecule has 3 N–H and O–H groups in total. The second-order valence-electron chi connectivity index (χ2n) is 5.39. The lowest BCUT2D eigenvalue weighted by Crippen LogP contribution is -2.63. The highest BCUT2D eigenvalue weighted by Crippen LogP contribution is 2.37. The third kappa shape index (κ3) is 2.88. The number of nitrogen functional groups attached to an aromatic ring is 1. The van der Waals surface area contributed by atoms with E-state index in [4.69, 9.17) is 22.1 Å². The number of hydrazine groups is 1. The first-order chi connectivity index (χ1) is 11.5. The van der Waals surface area contributed by atoms with Gasteiger partial charge in [-0.15, -0.1) is 11.6 Å². The molecule has 124 valence electrons. The van der Waals surface area contributed by atoms with Gasteiger partial charge in [-0.25, -0.2) is 5.01 Å². The maximum Gasteiger partial charge on any atom is 0.269 e. The Morgan fingerprint density at radius 3 is 2.38 bits per heavy atom. The number of hydrogen-bond donors (Lipinski definition) is 2. The van der Waals surface area contributed by atoms with E-state index in [1.165, 1.54) is 5.01 Å². The number of β-lactam (4-membered cyclic amide) rings is 1. The van der Waals surface area contributed by atoms with Crippen molar-refractivity contribution >= 4 is 29.1 Å². The summed E-state index contributed by atoms with van der Waals surface area (Å²) in [6, 6.07) is 13.2. The zero-order valence-corrected chi connectivity index (χ0v) is 13.7. The first-order valence-corrected chi connectivity index (χ1v) is 7.72. The third-order valence-electron chi connectivity index (χ3n) is 3.88. The van der Waals surface area contributed by atoms with E-state index in [1.807, 2.05) is 12.1 Å². The van der Waals surface area contributed by atoms with Gasteiger partial charge in [0.15, 0.2) is 0 Å². The Bertz CT molecular complexity index is 762. The number of anilines is 1. The highest BCUT2D eigenvalue weighted by molar-refractivity contribution is 6.33. The quantitative estimate of drug-likeness (QED) is 0.505. The van der Waals surface area contributed by atoms with Crippen LogP contribution < -0.4 is 15.9 Å². The molecular weight excluding hydrogens is 330 g/mol. The Morgan fingerprint density at radius 1 is 1.17 bits per heavy atom. The Kier molecular flexibility index (Phi) is 4.31. The van der Waals surface area contributed by atoms with Crippen molar-refractivity contribution in [2.75, 3.05) is 12.8 Å². The number of ether oxygens (including phenoxy) is 1. The summed E-state index contributed by atoms with van der Waals surface area (Å²) in [6.07, 6.45) is 0. The number of nitrogens with two attached hydrogens (primary N) is 1. The number of benzene rings is 2. The van der Waals surface area contributed by atoms with Crippen molar-refractivity contribution in [1.29, 1.82) is 0 Å². The van der Waals surface area contributed by atoms with Crippen molar-refractivity contribution in [2.24, 2.45) is 0 Å². The van der Waals surface area contributed by atoms with Crippen molar-refractivity contribution < 1.29 is 14.3 Å². The monoisotopic (exact) mass is 345 g/mol. The molecule has 0 radical (unpaired) electrons. The van der Waals surface area contributed by atoms with E-state index in [9.17, 15) is 9.59 Å². The predicted molar refractivity (Wildman–Crippen MR) is 90.5 cm³/mol. The number of rotatable bonds is 4. The van der Waals surface area contributed by atoms with Gasteiger partial charge in [-0.05, 0) is 42.0 Å². The molecule has 1 fully saturated rings. The molecule has 2 amide bonds. The number of halogens is 1. The van der Waals surface area contributed by atoms with Gasteiger partial charge in [0.2, 0.25) is 0 Å². The standard InChI is InChI=1S/C17H16ClN3O3/c1-24-13-8-4-10(5-9-13)15-14(18)17(23)21(15)20-16(22)11-2-6-12(19)7-3-11/h2-9,14-15H,19H2,1H3,(H,20,22). The molecule has 0 bridgehead atoms. The highest BCUT2D eigenvalue weighted by atomic mass is 35.5. The van der Waals surface area contributed by atoms with Gasteiger partial charge in [0.1, 0.15) is 17.2 Å². The SMILES string of the molecule is COc1ccc(C2C(Cl)C(=O)N2NC(=O)c2ccc(N)cc2)cc1. The minimum Gasteiger partial charge on any atom is -0.497 e. The van der Waals surface area contributed by atoms with Gasteiger partial charge in [0.05, 0.1) is 7.11 Å². The van der Waals surface area contributed by atoms with Gasteiger partial charge in [0, 0.05) is 11.3 Å². The number of hydrogen-bond acceptors (Lipinski definition) is 4. The Balaban J connectivity index is 1.76. The summed E-state index contributed by atoms with van der Waals surface area (Å²) < 4.78 is 5.11. The van der Waals surface area contributed by atoms with E-state index >= 15 is 0 Å². The smallest absolute Gasteiger partial charge is 0.269 e. The molecular formula is C17H16ClN3O3. The van der Waals surface area contributed by atoms with E-state index in [1.54, 1.807) is 43.5 Å². The average molecular weight is 346 g/mol. The number of nitrogens with one attached hydrogen (secondary N) is 1. The first kappa shape index (κ1) is 16.1. The van der Waals surface area contributed by atoms with Crippen LogP contribution in [0.5, 0.6) is 5.75 Å². The van der Waals surface area contributed by atoms with Crippen LogP contribution in [0.4, 0.5) is 5.69 Å². The van der Waals surface area contributed by atoms with Crippen molar-refractivity contribution in [3.8, 4) is 5.75 Å². The summed E-state index contributed by atoms with van der Waals surface area (Å²) >= 11 is 6.13. The number of amides is 2. The maximum atomic E-state index is 12.3. The van der Waals surface area contributed by atoms with Gasteiger partial charge in [-0.1, -0.05) is 12.1 Å². The summed E-state index contributed by atoms with van der Waals surface area (Å²) in [4.78, 5) is 24.3. The number of alkyl halides is 1. The van der Waals surface area contributed by atoms with Gasteiger partial charge >= 0.3 is 0 Å². The van der Waals surface area contributed by atoms with Crippen LogP contribution in [0, 0.1) is 0 Å². The van der Waals surface area contributed by atoms with Crippen LogP contribution in [0.1, 0.15) is 22.0 Å². The summed E-state index contributed by atoms with van der Waals surface area (Å²) in [5.74, 6) is -0.0420. The molecule has 24 heavy (non-hydrogen) atoms. The normalized spacial score (nSPS) is 19.6. The minimum absolute atomic E-state index is 0.346. The number of nitrogens with zero attached hydrogens (tertiary/aromatic N) is 1. The molecule has 0 spiro atoms. The minimum atomic E-state index is -0.717. The van der Waals surface area contributed by atoms with E-state index < -0.39 is 17.3 Å². The lowest BCUT2D eigenvalue weighted by molar-refractivity contribution is -0.149. The molecule has 1 aliphatic rings. The Morgan fingerprint density at radius 2 is 1.79 bits per heavy atom. The zero-order chi connectivity index (χ0) is 17.3. The molecule has 2 atom stereocenters. The molecule has 1 aliphatic heterocycles. The summed E-state index contributed by atoms with van der Waals surface area (Å²) in [5.41, 5.74) is 9.98. The van der Waals surface area contributed by atoms with Crippen molar-refractivity contribution in [3.63, 3.8) is 0 Å². The molecule has 7 heteroatoms. The summed E-state index contributed by atoms with van der Waals surface area (Å²) in [6.45, 7) is 0. The van der Waals surface area contributed by atoms with E-state index in [2.05, 4.69) is 5.43 Å². The molecule has 0 saturated carbocycles. The van der Waals surface area contributed by atoms with Crippen LogP contribution in [0.15, 0.2) is 48.5 Å². The molecule has 2 aromatic rings. The molecule has 3 rings (SSSR count). The second kappa shape index (κ2) is 6.41. The maximum absolute atomic E-state index is 12.3.